The first kappa shape index (κ1) is 22.5. The molecule has 0 aliphatic heterocycles. The number of ether oxygens (including phenoxy) is 4. The standard InChI is InChI=1S/C22H25N3O5S/c1-14-7-6-8-15(11-14)20-23-24-22(31-20)25(9-10-27-2)21(26)16-12-17(28-3)19(30-5)18(13-16)29-4/h6-8,11-13H,9-10H2,1-5H3. The van der Waals surface area contributed by atoms with Crippen LogP contribution in [0.1, 0.15) is 15.9 Å². The highest BCUT2D eigenvalue weighted by Crippen LogP contribution is 2.39. The molecule has 0 spiro atoms. The summed E-state index contributed by atoms with van der Waals surface area (Å²) in [5.74, 6) is 0.940. The third kappa shape index (κ3) is 4.95. The topological polar surface area (TPSA) is 83.0 Å². The fourth-order valence-electron chi connectivity index (χ4n) is 3.05. The van der Waals surface area contributed by atoms with Gasteiger partial charge in [-0.05, 0) is 25.1 Å². The highest BCUT2D eigenvalue weighted by atomic mass is 32.1. The molecule has 31 heavy (non-hydrogen) atoms. The smallest absolute Gasteiger partial charge is 0.260 e. The average molecular weight is 444 g/mol. The number of rotatable bonds is 9. The number of carbonyl (C=O) groups excluding carboxylic acids is 1. The van der Waals surface area contributed by atoms with E-state index in [0.717, 1.165) is 16.1 Å². The summed E-state index contributed by atoms with van der Waals surface area (Å²) in [7, 11) is 6.11. The Kier molecular flexibility index (Phi) is 7.43. The largest absolute Gasteiger partial charge is 0.493 e. The van der Waals surface area contributed by atoms with Gasteiger partial charge in [-0.2, -0.15) is 0 Å². The van der Waals surface area contributed by atoms with E-state index in [1.807, 2.05) is 31.2 Å². The minimum Gasteiger partial charge on any atom is -0.493 e. The number of aromatic nitrogens is 2. The monoisotopic (exact) mass is 443 g/mol. The maximum atomic E-state index is 13.4. The van der Waals surface area contributed by atoms with Crippen LogP contribution >= 0.6 is 11.3 Å². The quantitative estimate of drug-likeness (QED) is 0.497. The molecular formula is C22H25N3O5S. The molecule has 8 nitrogen and oxygen atoms in total. The van der Waals surface area contributed by atoms with Crippen molar-refractivity contribution in [3.63, 3.8) is 0 Å². The summed E-state index contributed by atoms with van der Waals surface area (Å²) in [4.78, 5) is 15.0. The van der Waals surface area contributed by atoms with Crippen molar-refractivity contribution < 1.29 is 23.7 Å². The molecule has 3 aromatic rings. The van der Waals surface area contributed by atoms with Crippen LogP contribution in [0.3, 0.4) is 0 Å². The normalized spacial score (nSPS) is 10.6. The first-order valence-electron chi connectivity index (χ1n) is 9.53. The van der Waals surface area contributed by atoms with Crippen molar-refractivity contribution in [2.24, 2.45) is 0 Å². The minimum absolute atomic E-state index is 0.275. The number of amides is 1. The van der Waals surface area contributed by atoms with Crippen LogP contribution in [0.15, 0.2) is 36.4 Å². The lowest BCUT2D eigenvalue weighted by Gasteiger charge is -2.20. The van der Waals surface area contributed by atoms with E-state index in [9.17, 15) is 4.79 Å². The highest BCUT2D eigenvalue weighted by Gasteiger charge is 2.25. The summed E-state index contributed by atoms with van der Waals surface area (Å²) in [5, 5.41) is 9.78. The molecule has 0 bridgehead atoms. The second-order valence-electron chi connectivity index (χ2n) is 6.62. The maximum Gasteiger partial charge on any atom is 0.260 e. The van der Waals surface area contributed by atoms with E-state index >= 15 is 0 Å². The van der Waals surface area contributed by atoms with Crippen LogP contribution in [0.4, 0.5) is 5.13 Å². The molecule has 9 heteroatoms. The van der Waals surface area contributed by atoms with E-state index in [0.29, 0.717) is 41.1 Å². The van der Waals surface area contributed by atoms with Crippen LogP contribution in [0.25, 0.3) is 10.6 Å². The third-order valence-corrected chi connectivity index (χ3v) is 5.58. The van der Waals surface area contributed by atoms with Crippen LogP contribution in [0.5, 0.6) is 17.2 Å². The number of anilines is 1. The van der Waals surface area contributed by atoms with E-state index in [1.165, 1.54) is 32.7 Å². The number of hydrogen-bond acceptors (Lipinski definition) is 8. The van der Waals surface area contributed by atoms with Crippen molar-refractivity contribution in [2.75, 3.05) is 46.5 Å². The maximum absolute atomic E-state index is 13.4. The van der Waals surface area contributed by atoms with Gasteiger partial charge < -0.3 is 18.9 Å². The van der Waals surface area contributed by atoms with Gasteiger partial charge >= 0.3 is 0 Å². The van der Waals surface area contributed by atoms with Gasteiger partial charge in [0.1, 0.15) is 5.01 Å². The van der Waals surface area contributed by atoms with E-state index in [1.54, 1.807) is 24.1 Å². The molecule has 0 N–H and O–H groups in total. The Labute approximate surface area is 185 Å². The number of aryl methyl sites for hydroxylation is 1. The van der Waals surface area contributed by atoms with Gasteiger partial charge in [-0.15, -0.1) is 10.2 Å². The number of nitrogens with zero attached hydrogens (tertiary/aromatic N) is 3. The summed E-state index contributed by atoms with van der Waals surface area (Å²) in [6.45, 7) is 2.67. The van der Waals surface area contributed by atoms with Gasteiger partial charge in [0.15, 0.2) is 11.5 Å². The van der Waals surface area contributed by atoms with Gasteiger partial charge in [0.25, 0.3) is 5.91 Å². The molecule has 0 radical (unpaired) electrons. The van der Waals surface area contributed by atoms with Crippen LogP contribution in [-0.4, -0.2) is 57.7 Å². The van der Waals surface area contributed by atoms with E-state index < -0.39 is 0 Å². The van der Waals surface area contributed by atoms with E-state index in [2.05, 4.69) is 10.2 Å². The summed E-state index contributed by atoms with van der Waals surface area (Å²) in [6, 6.07) is 11.2. The predicted molar refractivity (Wildman–Crippen MR) is 120 cm³/mol. The molecule has 1 aromatic heterocycles. The van der Waals surface area contributed by atoms with Crippen molar-refractivity contribution in [3.05, 3.63) is 47.5 Å². The van der Waals surface area contributed by atoms with Gasteiger partial charge in [-0.3, -0.25) is 9.69 Å². The molecule has 2 aromatic carbocycles. The van der Waals surface area contributed by atoms with Crippen LogP contribution in [0.2, 0.25) is 0 Å². The molecule has 1 amide bonds. The molecule has 164 valence electrons. The molecule has 3 rings (SSSR count). The van der Waals surface area contributed by atoms with Crippen molar-refractivity contribution in [1.29, 1.82) is 0 Å². The molecule has 0 aliphatic rings. The number of hydrogen-bond donors (Lipinski definition) is 0. The molecule has 0 saturated heterocycles. The van der Waals surface area contributed by atoms with Crippen LogP contribution < -0.4 is 19.1 Å². The molecule has 0 unspecified atom stereocenters. The van der Waals surface area contributed by atoms with Gasteiger partial charge in [-0.1, -0.05) is 35.1 Å². The predicted octanol–water partition coefficient (Wildman–Crippen LogP) is 3.83. The molecule has 0 fully saturated rings. The first-order valence-corrected chi connectivity index (χ1v) is 10.3. The Balaban J connectivity index is 1.99. The Hall–Kier alpha value is -3.17. The van der Waals surface area contributed by atoms with Crippen LogP contribution in [0, 0.1) is 6.92 Å². The van der Waals surface area contributed by atoms with Crippen molar-refractivity contribution in [2.45, 2.75) is 6.92 Å². The van der Waals surface area contributed by atoms with E-state index in [-0.39, 0.29) is 5.91 Å². The van der Waals surface area contributed by atoms with Gasteiger partial charge in [0, 0.05) is 18.2 Å². The molecule has 0 saturated carbocycles. The summed E-state index contributed by atoms with van der Waals surface area (Å²) < 4.78 is 21.3. The number of carbonyl (C=O) groups is 1. The van der Waals surface area contributed by atoms with Crippen molar-refractivity contribution in [3.8, 4) is 27.8 Å². The van der Waals surface area contributed by atoms with Crippen LogP contribution in [-0.2, 0) is 4.74 Å². The Morgan fingerprint density at radius 1 is 1.00 bits per heavy atom. The fraction of sp³-hybridized carbons (Fsp3) is 0.318. The molecule has 0 aliphatic carbocycles. The van der Waals surface area contributed by atoms with Gasteiger partial charge in [-0.25, -0.2) is 0 Å². The van der Waals surface area contributed by atoms with Crippen molar-refractivity contribution in [1.82, 2.24) is 10.2 Å². The Morgan fingerprint density at radius 2 is 1.71 bits per heavy atom. The Morgan fingerprint density at radius 3 is 2.29 bits per heavy atom. The van der Waals surface area contributed by atoms with Crippen molar-refractivity contribution >= 4 is 22.4 Å². The lowest BCUT2D eigenvalue weighted by Crippen LogP contribution is -2.34. The number of methoxy groups -OCH3 is 4. The zero-order valence-electron chi connectivity index (χ0n) is 18.2. The second kappa shape index (κ2) is 10.2. The van der Waals surface area contributed by atoms with Gasteiger partial charge in [0.05, 0.1) is 34.5 Å². The summed E-state index contributed by atoms with van der Waals surface area (Å²) >= 11 is 1.34. The SMILES string of the molecule is COCCN(C(=O)c1cc(OC)c(OC)c(OC)c1)c1nnc(-c2cccc(C)c2)s1. The van der Waals surface area contributed by atoms with E-state index in [4.69, 9.17) is 18.9 Å². The highest BCUT2D eigenvalue weighted by molar-refractivity contribution is 7.18. The van der Waals surface area contributed by atoms with Gasteiger partial charge in [0.2, 0.25) is 10.9 Å². The second-order valence-corrected chi connectivity index (χ2v) is 7.58. The summed E-state index contributed by atoms with van der Waals surface area (Å²) in [5.41, 5.74) is 2.45. The Bertz CT molecular complexity index is 1030. The lowest BCUT2D eigenvalue weighted by atomic mass is 10.1. The summed E-state index contributed by atoms with van der Waals surface area (Å²) in [6.07, 6.45) is 0. The zero-order chi connectivity index (χ0) is 22.4. The average Bonchev–Trinajstić information content (AvgIpc) is 3.28. The first-order chi connectivity index (χ1) is 15.0. The number of benzene rings is 2. The zero-order valence-corrected chi connectivity index (χ0v) is 19.0. The molecule has 1 heterocycles. The fourth-order valence-corrected chi connectivity index (χ4v) is 3.91. The molecular weight excluding hydrogens is 418 g/mol. The third-order valence-electron chi connectivity index (χ3n) is 4.59. The molecule has 0 atom stereocenters. The lowest BCUT2D eigenvalue weighted by molar-refractivity contribution is 0.0975. The minimum atomic E-state index is -0.275.